The van der Waals surface area contributed by atoms with Crippen LogP contribution in [0.5, 0.6) is 0 Å². The standard InChI is InChI=1S/C9H12F5NO3/c1-7(2,3)18-6(17)15-5(4-16)8(10,11)9(12,13)14/h4-5H,1-3H3,(H,15,17). The number of ether oxygens (including phenoxy) is 1. The van der Waals surface area contributed by atoms with Crippen LogP contribution < -0.4 is 5.32 Å². The van der Waals surface area contributed by atoms with E-state index in [-0.39, 0.29) is 0 Å². The van der Waals surface area contributed by atoms with Gasteiger partial charge in [-0.1, -0.05) is 0 Å². The molecule has 9 heteroatoms. The summed E-state index contributed by atoms with van der Waals surface area (Å²) in [7, 11) is 0. The maximum atomic E-state index is 12.8. The number of hydrogen-bond donors (Lipinski definition) is 1. The molecule has 0 aromatic rings. The van der Waals surface area contributed by atoms with Crippen LogP contribution in [0.25, 0.3) is 0 Å². The highest BCUT2D eigenvalue weighted by Crippen LogP contribution is 2.37. The molecule has 0 rings (SSSR count). The van der Waals surface area contributed by atoms with Crippen LogP contribution in [-0.4, -0.2) is 36.1 Å². The average molecular weight is 277 g/mol. The predicted molar refractivity (Wildman–Crippen MR) is 50.2 cm³/mol. The van der Waals surface area contributed by atoms with E-state index in [9.17, 15) is 31.5 Å². The Kier molecular flexibility index (Phi) is 4.67. The van der Waals surface area contributed by atoms with Crippen LogP contribution in [0, 0.1) is 0 Å². The van der Waals surface area contributed by atoms with Crippen LogP contribution >= 0.6 is 0 Å². The van der Waals surface area contributed by atoms with Crippen molar-refractivity contribution < 1.29 is 36.3 Å². The normalized spacial score (nSPS) is 14.9. The molecule has 18 heavy (non-hydrogen) atoms. The van der Waals surface area contributed by atoms with Gasteiger partial charge in [0.15, 0.2) is 6.04 Å². The molecule has 0 spiro atoms. The zero-order valence-corrected chi connectivity index (χ0v) is 9.77. The molecular formula is C9H12F5NO3. The van der Waals surface area contributed by atoms with E-state index in [1.165, 1.54) is 26.1 Å². The molecule has 0 saturated heterocycles. The van der Waals surface area contributed by atoms with E-state index in [0.717, 1.165) is 0 Å². The monoisotopic (exact) mass is 277 g/mol. The van der Waals surface area contributed by atoms with Crippen LogP contribution in [0.1, 0.15) is 20.8 Å². The van der Waals surface area contributed by atoms with Gasteiger partial charge in [-0.2, -0.15) is 22.0 Å². The minimum Gasteiger partial charge on any atom is -0.444 e. The number of aldehydes is 1. The quantitative estimate of drug-likeness (QED) is 0.636. The molecule has 0 fully saturated rings. The molecule has 1 atom stereocenters. The Morgan fingerprint density at radius 1 is 1.17 bits per heavy atom. The van der Waals surface area contributed by atoms with Crippen molar-refractivity contribution in [3.8, 4) is 0 Å². The molecule has 106 valence electrons. The molecular weight excluding hydrogens is 265 g/mol. The lowest BCUT2D eigenvalue weighted by atomic mass is 10.1. The van der Waals surface area contributed by atoms with Crippen LogP contribution in [0.15, 0.2) is 0 Å². The first-order valence-electron chi connectivity index (χ1n) is 4.70. The van der Waals surface area contributed by atoms with Crippen molar-refractivity contribution in [2.24, 2.45) is 0 Å². The number of nitrogens with one attached hydrogen (secondary N) is 1. The summed E-state index contributed by atoms with van der Waals surface area (Å²) in [5.74, 6) is -5.37. The third-order valence-corrected chi connectivity index (χ3v) is 1.58. The molecule has 0 aliphatic rings. The maximum absolute atomic E-state index is 12.8. The highest BCUT2D eigenvalue weighted by atomic mass is 19.4. The minimum absolute atomic E-state index is 0.697. The second-order valence-corrected chi connectivity index (χ2v) is 4.38. The molecule has 1 N–H and O–H groups in total. The Bertz CT molecular complexity index is 321. The average Bonchev–Trinajstić information content (AvgIpc) is 2.08. The second-order valence-electron chi connectivity index (χ2n) is 4.38. The molecule has 0 radical (unpaired) electrons. The molecule has 0 aliphatic heterocycles. The fourth-order valence-electron chi connectivity index (χ4n) is 0.821. The van der Waals surface area contributed by atoms with E-state index >= 15 is 0 Å². The number of alkyl carbamates (subject to hydrolysis) is 1. The van der Waals surface area contributed by atoms with E-state index in [2.05, 4.69) is 4.74 Å². The number of amides is 1. The topological polar surface area (TPSA) is 55.4 Å². The molecule has 1 amide bonds. The Morgan fingerprint density at radius 3 is 1.89 bits per heavy atom. The number of carbonyl (C=O) groups is 2. The summed E-state index contributed by atoms with van der Waals surface area (Å²) in [5, 5.41) is 1.17. The number of hydrogen-bond acceptors (Lipinski definition) is 3. The van der Waals surface area contributed by atoms with Crippen molar-refractivity contribution in [3.63, 3.8) is 0 Å². The van der Waals surface area contributed by atoms with Crippen molar-refractivity contribution in [1.29, 1.82) is 0 Å². The van der Waals surface area contributed by atoms with Gasteiger partial charge in [0.25, 0.3) is 0 Å². The largest absolute Gasteiger partial charge is 0.455 e. The Hall–Kier alpha value is -1.41. The molecule has 4 nitrogen and oxygen atoms in total. The van der Waals surface area contributed by atoms with Gasteiger partial charge in [-0.3, -0.25) is 0 Å². The van der Waals surface area contributed by atoms with E-state index in [4.69, 9.17) is 0 Å². The van der Waals surface area contributed by atoms with Crippen molar-refractivity contribution in [2.75, 3.05) is 0 Å². The van der Waals surface area contributed by atoms with E-state index < -0.39 is 36.1 Å². The van der Waals surface area contributed by atoms with E-state index in [0.29, 0.717) is 0 Å². The molecule has 0 bridgehead atoms. The molecule has 0 aromatic carbocycles. The Labute approximate surface area is 99.5 Å². The summed E-state index contributed by atoms with van der Waals surface area (Å²) < 4.78 is 65.9. The molecule has 0 heterocycles. The van der Waals surface area contributed by atoms with E-state index in [1.54, 1.807) is 0 Å². The first-order chi connectivity index (χ1) is 7.81. The summed E-state index contributed by atoms with van der Waals surface area (Å²) in [6.07, 6.45) is -8.19. The molecule has 1 unspecified atom stereocenters. The van der Waals surface area contributed by atoms with Crippen molar-refractivity contribution in [1.82, 2.24) is 5.32 Å². The van der Waals surface area contributed by atoms with Crippen LogP contribution in [0.3, 0.4) is 0 Å². The maximum Gasteiger partial charge on any atom is 0.455 e. The first kappa shape index (κ1) is 16.6. The number of rotatable bonds is 3. The van der Waals surface area contributed by atoms with Crippen LogP contribution in [-0.2, 0) is 9.53 Å². The zero-order chi connectivity index (χ0) is 14.8. The van der Waals surface area contributed by atoms with Gasteiger partial charge in [0.1, 0.15) is 11.9 Å². The number of carbonyl (C=O) groups excluding carboxylic acids is 2. The first-order valence-corrected chi connectivity index (χ1v) is 4.70. The van der Waals surface area contributed by atoms with Gasteiger partial charge in [-0.05, 0) is 20.8 Å². The number of alkyl halides is 5. The highest BCUT2D eigenvalue weighted by molar-refractivity contribution is 5.74. The lowest BCUT2D eigenvalue weighted by Gasteiger charge is -2.27. The van der Waals surface area contributed by atoms with Gasteiger partial charge >= 0.3 is 18.2 Å². The fourth-order valence-corrected chi connectivity index (χ4v) is 0.821. The van der Waals surface area contributed by atoms with Crippen LogP contribution in [0.2, 0.25) is 0 Å². The predicted octanol–water partition coefficient (Wildman–Crippen LogP) is 2.28. The van der Waals surface area contributed by atoms with Gasteiger partial charge in [0.2, 0.25) is 0 Å². The van der Waals surface area contributed by atoms with Gasteiger partial charge in [-0.25, -0.2) is 4.79 Å². The van der Waals surface area contributed by atoms with Gasteiger partial charge in [0, 0.05) is 0 Å². The summed E-state index contributed by atoms with van der Waals surface area (Å²) >= 11 is 0. The summed E-state index contributed by atoms with van der Waals surface area (Å²) in [5.41, 5.74) is -1.09. The second kappa shape index (κ2) is 5.07. The minimum atomic E-state index is -5.95. The summed E-state index contributed by atoms with van der Waals surface area (Å²) in [6, 6.07) is -3.03. The zero-order valence-electron chi connectivity index (χ0n) is 9.77. The van der Waals surface area contributed by atoms with Crippen molar-refractivity contribution in [2.45, 2.75) is 44.5 Å². The third kappa shape index (κ3) is 4.46. The van der Waals surface area contributed by atoms with Crippen molar-refractivity contribution in [3.05, 3.63) is 0 Å². The molecule has 0 aliphatic carbocycles. The van der Waals surface area contributed by atoms with Crippen molar-refractivity contribution >= 4 is 12.4 Å². The third-order valence-electron chi connectivity index (χ3n) is 1.58. The fraction of sp³-hybridized carbons (Fsp3) is 0.778. The summed E-state index contributed by atoms with van der Waals surface area (Å²) in [4.78, 5) is 21.3. The highest BCUT2D eigenvalue weighted by Gasteiger charge is 2.63. The molecule has 0 saturated carbocycles. The van der Waals surface area contributed by atoms with Crippen LogP contribution in [0.4, 0.5) is 26.7 Å². The van der Waals surface area contributed by atoms with Gasteiger partial charge < -0.3 is 14.8 Å². The van der Waals surface area contributed by atoms with Gasteiger partial charge in [0.05, 0.1) is 0 Å². The Morgan fingerprint density at radius 2 is 1.61 bits per heavy atom. The summed E-state index contributed by atoms with van der Waals surface area (Å²) in [6.45, 7) is 4.14. The van der Waals surface area contributed by atoms with E-state index in [1.807, 2.05) is 0 Å². The lowest BCUT2D eigenvalue weighted by Crippen LogP contribution is -2.56. The smallest absolute Gasteiger partial charge is 0.444 e. The molecule has 0 aromatic heterocycles. The SMILES string of the molecule is CC(C)(C)OC(=O)NC(C=O)C(F)(F)C(F)(F)F. The number of halogens is 5. The lowest BCUT2D eigenvalue weighted by molar-refractivity contribution is -0.287. The Balaban J connectivity index is 4.83. The van der Waals surface area contributed by atoms with Gasteiger partial charge in [-0.15, -0.1) is 0 Å².